The topological polar surface area (TPSA) is 75.6 Å². The largest absolute Gasteiger partial charge is 0.439 e. The van der Waals surface area contributed by atoms with Gasteiger partial charge in [-0.05, 0) is 25.5 Å². The van der Waals surface area contributed by atoms with Gasteiger partial charge in [-0.3, -0.25) is 0 Å². The fourth-order valence-electron chi connectivity index (χ4n) is 3.00. The van der Waals surface area contributed by atoms with E-state index in [9.17, 15) is 8.42 Å². The van der Waals surface area contributed by atoms with Gasteiger partial charge in [-0.2, -0.15) is 9.29 Å². The summed E-state index contributed by atoms with van der Waals surface area (Å²) in [4.78, 5) is 10.9. The number of benzene rings is 1. The zero-order valence-electron chi connectivity index (χ0n) is 15.8. The Kier molecular flexibility index (Phi) is 6.28. The Morgan fingerprint density at radius 3 is 2.44 bits per heavy atom. The number of anilines is 1. The average Bonchev–Trinajstić information content (AvgIpc) is 2.67. The van der Waals surface area contributed by atoms with Crippen molar-refractivity contribution < 1.29 is 13.2 Å². The molecule has 27 heavy (non-hydrogen) atoms. The van der Waals surface area contributed by atoms with Gasteiger partial charge in [-0.1, -0.05) is 31.5 Å². The maximum atomic E-state index is 12.4. The van der Waals surface area contributed by atoms with Gasteiger partial charge >= 0.3 is 0 Å². The van der Waals surface area contributed by atoms with E-state index >= 15 is 0 Å². The SMILES string of the molecule is CCCCS(=O)(=O)N1CCN(c2cc(Oc3ccccc3)nc(C)n2)CC1. The summed E-state index contributed by atoms with van der Waals surface area (Å²) in [5, 5.41) is 0. The molecule has 1 aliphatic rings. The van der Waals surface area contributed by atoms with Crippen LogP contribution in [0.5, 0.6) is 11.6 Å². The number of hydrogen-bond acceptors (Lipinski definition) is 6. The summed E-state index contributed by atoms with van der Waals surface area (Å²) in [5.41, 5.74) is 0. The molecule has 1 aromatic heterocycles. The highest BCUT2D eigenvalue weighted by Gasteiger charge is 2.27. The molecule has 0 amide bonds. The fourth-order valence-corrected chi connectivity index (χ4v) is 4.63. The number of aryl methyl sites for hydroxylation is 1. The van der Waals surface area contributed by atoms with E-state index < -0.39 is 10.0 Å². The molecule has 1 saturated heterocycles. The molecule has 8 heteroatoms. The molecule has 2 heterocycles. The molecule has 0 atom stereocenters. The summed E-state index contributed by atoms with van der Waals surface area (Å²) in [6.45, 7) is 5.99. The van der Waals surface area contributed by atoms with Crippen molar-refractivity contribution in [2.45, 2.75) is 26.7 Å². The Balaban J connectivity index is 1.67. The van der Waals surface area contributed by atoms with Crippen LogP contribution in [0, 0.1) is 6.92 Å². The number of aromatic nitrogens is 2. The minimum absolute atomic E-state index is 0.227. The Labute approximate surface area is 161 Å². The molecular formula is C19H26N4O3S. The molecule has 0 aliphatic carbocycles. The van der Waals surface area contributed by atoms with E-state index in [0.717, 1.165) is 12.2 Å². The second-order valence-electron chi connectivity index (χ2n) is 6.58. The first-order valence-electron chi connectivity index (χ1n) is 9.29. The van der Waals surface area contributed by atoms with Gasteiger partial charge < -0.3 is 9.64 Å². The summed E-state index contributed by atoms with van der Waals surface area (Å²) >= 11 is 0. The number of hydrogen-bond donors (Lipinski definition) is 0. The van der Waals surface area contributed by atoms with E-state index in [1.807, 2.05) is 44.2 Å². The molecular weight excluding hydrogens is 364 g/mol. The lowest BCUT2D eigenvalue weighted by Gasteiger charge is -2.34. The number of para-hydroxylation sites is 1. The summed E-state index contributed by atoms with van der Waals surface area (Å²) in [6, 6.07) is 11.3. The molecule has 1 aliphatic heterocycles. The lowest BCUT2D eigenvalue weighted by Crippen LogP contribution is -2.49. The van der Waals surface area contributed by atoms with E-state index in [-0.39, 0.29) is 5.75 Å². The molecule has 0 N–H and O–H groups in total. The van der Waals surface area contributed by atoms with Crippen LogP contribution in [0.2, 0.25) is 0 Å². The maximum Gasteiger partial charge on any atom is 0.224 e. The van der Waals surface area contributed by atoms with E-state index in [1.165, 1.54) is 0 Å². The second-order valence-corrected chi connectivity index (χ2v) is 8.67. The lowest BCUT2D eigenvalue weighted by molar-refractivity contribution is 0.382. The van der Waals surface area contributed by atoms with Gasteiger partial charge in [0.25, 0.3) is 0 Å². The molecule has 2 aromatic rings. The lowest BCUT2D eigenvalue weighted by atomic mass is 10.3. The number of sulfonamides is 1. The van der Waals surface area contributed by atoms with Gasteiger partial charge in [-0.15, -0.1) is 0 Å². The molecule has 0 radical (unpaired) electrons. The normalized spacial score (nSPS) is 15.7. The molecule has 146 valence electrons. The van der Waals surface area contributed by atoms with Gasteiger partial charge in [0.15, 0.2) is 0 Å². The van der Waals surface area contributed by atoms with Crippen LogP contribution in [0.15, 0.2) is 36.4 Å². The minimum atomic E-state index is -3.16. The molecule has 1 fully saturated rings. The Hall–Kier alpha value is -2.19. The van der Waals surface area contributed by atoms with Crippen molar-refractivity contribution in [1.82, 2.24) is 14.3 Å². The van der Waals surface area contributed by atoms with Crippen LogP contribution in [0.1, 0.15) is 25.6 Å². The van der Waals surface area contributed by atoms with Gasteiger partial charge in [0.05, 0.1) is 5.75 Å². The van der Waals surface area contributed by atoms with E-state index in [1.54, 1.807) is 10.4 Å². The molecule has 0 spiro atoms. The zero-order valence-corrected chi connectivity index (χ0v) is 16.7. The molecule has 0 unspecified atom stereocenters. The van der Waals surface area contributed by atoms with Crippen LogP contribution in [0.3, 0.4) is 0 Å². The summed E-state index contributed by atoms with van der Waals surface area (Å²) in [7, 11) is -3.16. The van der Waals surface area contributed by atoms with Crippen molar-refractivity contribution in [3.63, 3.8) is 0 Å². The average molecular weight is 391 g/mol. The second kappa shape index (κ2) is 8.67. The van der Waals surface area contributed by atoms with Crippen molar-refractivity contribution in [3.05, 3.63) is 42.2 Å². The third kappa shape index (κ3) is 5.17. The third-order valence-corrected chi connectivity index (χ3v) is 6.43. The quantitative estimate of drug-likeness (QED) is 0.724. The van der Waals surface area contributed by atoms with E-state index in [0.29, 0.717) is 50.1 Å². The molecule has 3 rings (SSSR count). The smallest absolute Gasteiger partial charge is 0.224 e. The van der Waals surface area contributed by atoms with Crippen molar-refractivity contribution in [1.29, 1.82) is 0 Å². The summed E-state index contributed by atoms with van der Waals surface area (Å²) in [5.74, 6) is 2.82. The molecule has 0 saturated carbocycles. The highest BCUT2D eigenvalue weighted by Crippen LogP contribution is 2.24. The number of unbranched alkanes of at least 4 members (excludes halogenated alkanes) is 1. The van der Waals surface area contributed by atoms with Gasteiger partial charge in [0.1, 0.15) is 17.4 Å². The van der Waals surface area contributed by atoms with Gasteiger partial charge in [-0.25, -0.2) is 13.4 Å². The predicted octanol–water partition coefficient (Wildman–Crippen LogP) is 2.83. The van der Waals surface area contributed by atoms with Crippen LogP contribution in [-0.2, 0) is 10.0 Å². The first kappa shape index (κ1) is 19.6. The van der Waals surface area contributed by atoms with Gasteiger partial charge in [0.2, 0.25) is 15.9 Å². The predicted molar refractivity (Wildman–Crippen MR) is 106 cm³/mol. The van der Waals surface area contributed by atoms with E-state index in [2.05, 4.69) is 14.9 Å². The summed E-state index contributed by atoms with van der Waals surface area (Å²) in [6.07, 6.45) is 1.58. The molecule has 7 nitrogen and oxygen atoms in total. The highest BCUT2D eigenvalue weighted by atomic mass is 32.2. The number of piperazine rings is 1. The number of rotatable bonds is 7. The van der Waals surface area contributed by atoms with Crippen molar-refractivity contribution in [2.24, 2.45) is 0 Å². The van der Waals surface area contributed by atoms with Crippen molar-refractivity contribution >= 4 is 15.8 Å². The monoisotopic (exact) mass is 390 g/mol. The van der Waals surface area contributed by atoms with Crippen molar-refractivity contribution in [2.75, 3.05) is 36.8 Å². The molecule has 1 aromatic carbocycles. The van der Waals surface area contributed by atoms with Gasteiger partial charge in [0, 0.05) is 32.2 Å². The summed E-state index contributed by atoms with van der Waals surface area (Å²) < 4.78 is 32.1. The van der Waals surface area contributed by atoms with Crippen molar-refractivity contribution in [3.8, 4) is 11.6 Å². The number of ether oxygens (including phenoxy) is 1. The Morgan fingerprint density at radius 1 is 1.07 bits per heavy atom. The zero-order chi connectivity index (χ0) is 19.3. The standard InChI is InChI=1S/C19H26N4O3S/c1-3-4-14-27(24,25)23-12-10-22(11-13-23)18-15-19(21-16(2)20-18)26-17-8-6-5-7-9-17/h5-9,15H,3-4,10-14H2,1-2H3. The van der Waals surface area contributed by atoms with Crippen LogP contribution in [-0.4, -0.2) is 54.6 Å². The van der Waals surface area contributed by atoms with Crippen LogP contribution < -0.4 is 9.64 Å². The van der Waals surface area contributed by atoms with Crippen LogP contribution >= 0.6 is 0 Å². The Bertz CT molecular complexity index is 851. The fraction of sp³-hybridized carbons (Fsp3) is 0.474. The number of nitrogens with zero attached hydrogens (tertiary/aromatic N) is 4. The first-order valence-corrected chi connectivity index (χ1v) is 10.9. The minimum Gasteiger partial charge on any atom is -0.439 e. The first-order chi connectivity index (χ1) is 13.0. The van der Waals surface area contributed by atoms with Crippen LogP contribution in [0.25, 0.3) is 0 Å². The maximum absolute atomic E-state index is 12.4. The Morgan fingerprint density at radius 2 is 1.78 bits per heavy atom. The van der Waals surface area contributed by atoms with E-state index in [4.69, 9.17) is 4.74 Å². The molecule has 0 bridgehead atoms. The highest BCUT2D eigenvalue weighted by molar-refractivity contribution is 7.89. The third-order valence-electron chi connectivity index (χ3n) is 4.48. The van der Waals surface area contributed by atoms with Crippen LogP contribution in [0.4, 0.5) is 5.82 Å².